The number of benzene rings is 2. The number of hydrogen-bond acceptors (Lipinski definition) is 3. The molecule has 4 heteroatoms. The topological polar surface area (TPSA) is 68.3 Å². The van der Waals surface area contributed by atoms with Gasteiger partial charge in [0.05, 0.1) is 11.4 Å². The van der Waals surface area contributed by atoms with Crippen LogP contribution in [-0.4, -0.2) is 5.91 Å². The molecule has 0 fully saturated rings. The lowest BCUT2D eigenvalue weighted by molar-refractivity contribution is 0.0998. The zero-order valence-corrected chi connectivity index (χ0v) is 11.9. The zero-order valence-electron chi connectivity index (χ0n) is 11.9. The number of nitrogens with one attached hydrogen (secondary N) is 1. The average Bonchev–Trinajstić information content (AvgIpc) is 2.90. The quantitative estimate of drug-likeness (QED) is 0.700. The number of carbonyl (C=O) groups is 1. The number of aryl methyl sites for hydroxylation is 2. The highest BCUT2D eigenvalue weighted by Crippen LogP contribution is 2.26. The molecule has 0 saturated carbocycles. The van der Waals surface area contributed by atoms with Crippen LogP contribution in [0.5, 0.6) is 0 Å². The molecule has 0 unspecified atom stereocenters. The van der Waals surface area contributed by atoms with E-state index >= 15 is 0 Å². The van der Waals surface area contributed by atoms with Crippen molar-refractivity contribution < 1.29 is 9.21 Å². The smallest absolute Gasteiger partial charge is 0.291 e. The van der Waals surface area contributed by atoms with Gasteiger partial charge in [0.15, 0.2) is 5.76 Å². The van der Waals surface area contributed by atoms with Gasteiger partial charge in [-0.1, -0.05) is 24.3 Å². The van der Waals surface area contributed by atoms with Crippen molar-refractivity contribution in [3.05, 3.63) is 59.4 Å². The van der Waals surface area contributed by atoms with Crippen molar-refractivity contribution in [1.82, 2.24) is 0 Å². The first-order valence-corrected chi connectivity index (χ1v) is 6.72. The summed E-state index contributed by atoms with van der Waals surface area (Å²) < 4.78 is 5.70. The van der Waals surface area contributed by atoms with Gasteiger partial charge in [-0.05, 0) is 43.2 Å². The standard InChI is InChI=1S/C17H16N2O2/c1-10-7-8-12-9-15(21-16(12)11(10)2)17(20)19-14-6-4-3-5-13(14)18/h3-9H,18H2,1-2H3,(H,19,20). The SMILES string of the molecule is Cc1ccc2cc(C(=O)Nc3ccccc3N)oc2c1C. The van der Waals surface area contributed by atoms with Gasteiger partial charge in [0.1, 0.15) is 5.58 Å². The van der Waals surface area contributed by atoms with Gasteiger partial charge < -0.3 is 15.5 Å². The van der Waals surface area contributed by atoms with E-state index in [1.54, 1.807) is 18.2 Å². The summed E-state index contributed by atoms with van der Waals surface area (Å²) in [5, 5.41) is 3.68. The summed E-state index contributed by atoms with van der Waals surface area (Å²) >= 11 is 0. The molecule has 0 radical (unpaired) electrons. The molecule has 2 aromatic carbocycles. The highest BCUT2D eigenvalue weighted by Gasteiger charge is 2.15. The molecule has 1 amide bonds. The van der Waals surface area contributed by atoms with Crippen molar-refractivity contribution in [3.63, 3.8) is 0 Å². The number of hydrogen-bond donors (Lipinski definition) is 2. The summed E-state index contributed by atoms with van der Waals surface area (Å²) in [6.07, 6.45) is 0. The summed E-state index contributed by atoms with van der Waals surface area (Å²) in [5.41, 5.74) is 9.86. The number of amides is 1. The number of nitrogen functional groups attached to an aromatic ring is 1. The molecule has 21 heavy (non-hydrogen) atoms. The molecule has 0 aliphatic heterocycles. The van der Waals surface area contributed by atoms with Crippen molar-refractivity contribution in [2.24, 2.45) is 0 Å². The van der Waals surface area contributed by atoms with Crippen LogP contribution in [0.1, 0.15) is 21.7 Å². The number of para-hydroxylation sites is 2. The largest absolute Gasteiger partial charge is 0.451 e. The van der Waals surface area contributed by atoms with Gasteiger partial charge in [-0.25, -0.2) is 0 Å². The minimum atomic E-state index is -0.304. The first-order chi connectivity index (χ1) is 10.1. The predicted molar refractivity (Wildman–Crippen MR) is 84.5 cm³/mol. The molecule has 0 aliphatic carbocycles. The number of nitrogens with two attached hydrogens (primary N) is 1. The van der Waals surface area contributed by atoms with Crippen molar-refractivity contribution in [1.29, 1.82) is 0 Å². The minimum absolute atomic E-state index is 0.280. The highest BCUT2D eigenvalue weighted by molar-refractivity contribution is 6.06. The maximum atomic E-state index is 12.3. The van der Waals surface area contributed by atoms with Crippen LogP contribution in [0, 0.1) is 13.8 Å². The number of rotatable bonds is 2. The van der Waals surface area contributed by atoms with E-state index < -0.39 is 0 Å². The second kappa shape index (κ2) is 4.98. The third-order valence-electron chi connectivity index (χ3n) is 3.64. The summed E-state index contributed by atoms with van der Waals surface area (Å²) in [4.78, 5) is 12.3. The fourth-order valence-corrected chi connectivity index (χ4v) is 2.25. The van der Waals surface area contributed by atoms with Crippen LogP contribution >= 0.6 is 0 Å². The Morgan fingerprint density at radius 3 is 2.67 bits per heavy atom. The van der Waals surface area contributed by atoms with Crippen LogP contribution in [0.4, 0.5) is 11.4 Å². The third-order valence-corrected chi connectivity index (χ3v) is 3.64. The molecular formula is C17H16N2O2. The molecule has 1 heterocycles. The van der Waals surface area contributed by atoms with Gasteiger partial charge in [-0.15, -0.1) is 0 Å². The number of fused-ring (bicyclic) bond motifs is 1. The summed E-state index contributed by atoms with van der Waals surface area (Å²) in [6.45, 7) is 4.00. The van der Waals surface area contributed by atoms with E-state index in [1.807, 2.05) is 38.1 Å². The lowest BCUT2D eigenvalue weighted by atomic mass is 10.1. The van der Waals surface area contributed by atoms with Crippen LogP contribution in [0.25, 0.3) is 11.0 Å². The third kappa shape index (κ3) is 2.36. The minimum Gasteiger partial charge on any atom is -0.451 e. The van der Waals surface area contributed by atoms with Gasteiger partial charge in [0.25, 0.3) is 5.91 Å². The molecule has 0 spiro atoms. The first-order valence-electron chi connectivity index (χ1n) is 6.72. The number of carbonyl (C=O) groups excluding carboxylic acids is 1. The Hall–Kier alpha value is -2.75. The van der Waals surface area contributed by atoms with E-state index in [0.717, 1.165) is 22.1 Å². The van der Waals surface area contributed by atoms with Gasteiger partial charge >= 0.3 is 0 Å². The van der Waals surface area contributed by atoms with Gasteiger partial charge in [-0.2, -0.15) is 0 Å². The second-order valence-electron chi connectivity index (χ2n) is 5.08. The Bertz CT molecular complexity index is 834. The van der Waals surface area contributed by atoms with E-state index in [0.29, 0.717) is 11.4 Å². The van der Waals surface area contributed by atoms with E-state index in [1.165, 1.54) is 0 Å². The molecule has 3 N–H and O–H groups in total. The molecule has 0 atom stereocenters. The predicted octanol–water partition coefficient (Wildman–Crippen LogP) is 3.88. The molecule has 1 aromatic heterocycles. The Labute approximate surface area is 122 Å². The molecule has 106 valence electrons. The van der Waals surface area contributed by atoms with Crippen LogP contribution in [0.15, 0.2) is 46.9 Å². The van der Waals surface area contributed by atoms with Gasteiger partial charge in [-0.3, -0.25) is 4.79 Å². The Kier molecular flexibility index (Phi) is 3.14. The molecule has 0 bridgehead atoms. The monoisotopic (exact) mass is 280 g/mol. The van der Waals surface area contributed by atoms with E-state index in [-0.39, 0.29) is 11.7 Å². The van der Waals surface area contributed by atoms with Crippen molar-refractivity contribution in [3.8, 4) is 0 Å². The molecule has 0 aliphatic rings. The van der Waals surface area contributed by atoms with Crippen LogP contribution in [-0.2, 0) is 0 Å². The molecule has 4 nitrogen and oxygen atoms in total. The van der Waals surface area contributed by atoms with Crippen molar-refractivity contribution >= 4 is 28.3 Å². The number of anilines is 2. The first kappa shape index (κ1) is 13.2. The summed E-state index contributed by atoms with van der Waals surface area (Å²) in [6, 6.07) is 12.8. The normalized spacial score (nSPS) is 10.8. The van der Waals surface area contributed by atoms with Crippen molar-refractivity contribution in [2.45, 2.75) is 13.8 Å². The molecule has 0 saturated heterocycles. The molecular weight excluding hydrogens is 264 g/mol. The fourth-order valence-electron chi connectivity index (χ4n) is 2.25. The molecule has 3 rings (SSSR count). The molecule has 3 aromatic rings. The van der Waals surface area contributed by atoms with Crippen LogP contribution in [0.3, 0.4) is 0 Å². The van der Waals surface area contributed by atoms with Gasteiger partial charge in [0.2, 0.25) is 0 Å². The van der Waals surface area contributed by atoms with E-state index in [2.05, 4.69) is 5.32 Å². The fraction of sp³-hybridized carbons (Fsp3) is 0.118. The summed E-state index contributed by atoms with van der Waals surface area (Å²) in [5.74, 6) is -0.0249. The summed E-state index contributed by atoms with van der Waals surface area (Å²) in [7, 11) is 0. The Morgan fingerprint density at radius 1 is 1.14 bits per heavy atom. The Balaban J connectivity index is 1.95. The lowest BCUT2D eigenvalue weighted by Gasteiger charge is -2.05. The Morgan fingerprint density at radius 2 is 1.90 bits per heavy atom. The van der Waals surface area contributed by atoms with Crippen LogP contribution < -0.4 is 11.1 Å². The van der Waals surface area contributed by atoms with Crippen molar-refractivity contribution in [2.75, 3.05) is 11.1 Å². The number of furan rings is 1. The second-order valence-corrected chi connectivity index (χ2v) is 5.08. The highest BCUT2D eigenvalue weighted by atomic mass is 16.3. The van der Waals surface area contributed by atoms with E-state index in [4.69, 9.17) is 10.2 Å². The van der Waals surface area contributed by atoms with Crippen LogP contribution in [0.2, 0.25) is 0 Å². The maximum Gasteiger partial charge on any atom is 0.291 e. The zero-order chi connectivity index (χ0) is 15.0. The maximum absolute atomic E-state index is 12.3. The van der Waals surface area contributed by atoms with E-state index in [9.17, 15) is 4.79 Å². The average molecular weight is 280 g/mol. The lowest BCUT2D eigenvalue weighted by Crippen LogP contribution is -2.12. The van der Waals surface area contributed by atoms with Gasteiger partial charge in [0, 0.05) is 5.39 Å².